The van der Waals surface area contributed by atoms with E-state index in [0.717, 1.165) is 6.54 Å². The number of benzene rings is 1. The summed E-state index contributed by atoms with van der Waals surface area (Å²) in [6.07, 6.45) is 1.39. The number of methoxy groups -OCH3 is 1. The minimum absolute atomic E-state index is 0. The van der Waals surface area contributed by atoms with Gasteiger partial charge >= 0.3 is 6.03 Å². The zero-order valence-corrected chi connectivity index (χ0v) is 17.5. The van der Waals surface area contributed by atoms with E-state index in [0.29, 0.717) is 18.6 Å². The summed E-state index contributed by atoms with van der Waals surface area (Å²) in [5.41, 5.74) is -1.15. The molecule has 2 saturated heterocycles. The van der Waals surface area contributed by atoms with Crippen LogP contribution in [0.4, 0.5) is 4.79 Å². The number of nitrogens with one attached hydrogen (secondary N) is 4. The average Bonchev–Trinajstić information content (AvgIpc) is 2.86. The number of halogens is 1. The summed E-state index contributed by atoms with van der Waals surface area (Å²) in [6, 6.07) is 3.71. The molecule has 3 amide bonds. The number of hydrogen-bond donors (Lipinski definition) is 4. The predicted molar refractivity (Wildman–Crippen MR) is 105 cm³/mol. The van der Waals surface area contributed by atoms with Crippen LogP contribution in [-0.2, 0) is 20.4 Å². The Balaban J connectivity index is 0.00000280. The Labute approximate surface area is 170 Å². The molecule has 1 aromatic carbocycles. The van der Waals surface area contributed by atoms with Crippen LogP contribution in [0.5, 0.6) is 5.75 Å². The summed E-state index contributed by atoms with van der Waals surface area (Å²) >= 11 is 0. The van der Waals surface area contributed by atoms with Crippen LogP contribution in [0, 0.1) is 0 Å². The summed E-state index contributed by atoms with van der Waals surface area (Å²) in [4.78, 5) is 23.9. The Morgan fingerprint density at radius 2 is 2.00 bits per heavy atom. The van der Waals surface area contributed by atoms with E-state index >= 15 is 0 Å². The second-order valence-electron chi connectivity index (χ2n) is 7.09. The molecule has 9 nitrogen and oxygen atoms in total. The van der Waals surface area contributed by atoms with Gasteiger partial charge in [-0.15, -0.1) is 12.4 Å². The summed E-state index contributed by atoms with van der Waals surface area (Å²) in [6.45, 7) is 4.25. The van der Waals surface area contributed by atoms with E-state index in [1.54, 1.807) is 0 Å². The van der Waals surface area contributed by atoms with Gasteiger partial charge in [0.2, 0.25) is 10.0 Å². The number of carbonyl (C=O) groups excluding carboxylic acids is 2. The van der Waals surface area contributed by atoms with Gasteiger partial charge in [0.15, 0.2) is 0 Å². The molecule has 28 heavy (non-hydrogen) atoms. The van der Waals surface area contributed by atoms with Crippen LogP contribution in [0.2, 0.25) is 0 Å². The first-order chi connectivity index (χ1) is 12.7. The average molecular weight is 433 g/mol. The standard InChI is InChI=1S/C17H24N4O5S.ClH/c1-10-8-11(6-7-18-10)21-27(24,25)12-4-5-14(26-3)13(9-12)17(2)15(22)19-16(23)20-17;/h4-5,9-11,18,21H,6-8H2,1-3H3,(H2,19,20,22,23);1H. The van der Waals surface area contributed by atoms with Gasteiger partial charge < -0.3 is 15.4 Å². The lowest BCUT2D eigenvalue weighted by atomic mass is 9.91. The third-order valence-corrected chi connectivity index (χ3v) is 6.53. The molecule has 3 unspecified atom stereocenters. The van der Waals surface area contributed by atoms with Crippen LogP contribution >= 0.6 is 12.4 Å². The molecule has 2 fully saturated rings. The zero-order valence-electron chi connectivity index (χ0n) is 15.9. The maximum absolute atomic E-state index is 12.9. The minimum Gasteiger partial charge on any atom is -0.496 e. The van der Waals surface area contributed by atoms with Crippen molar-refractivity contribution >= 4 is 34.4 Å². The van der Waals surface area contributed by atoms with Crippen molar-refractivity contribution < 1.29 is 22.7 Å². The fourth-order valence-electron chi connectivity index (χ4n) is 3.50. The van der Waals surface area contributed by atoms with Gasteiger partial charge in [-0.05, 0) is 51.4 Å². The lowest BCUT2D eigenvalue weighted by Crippen LogP contribution is -2.46. The molecule has 3 rings (SSSR count). The number of sulfonamides is 1. The van der Waals surface area contributed by atoms with Crippen LogP contribution in [0.1, 0.15) is 32.3 Å². The number of rotatable bonds is 5. The second-order valence-corrected chi connectivity index (χ2v) is 8.81. The van der Waals surface area contributed by atoms with Crippen molar-refractivity contribution in [1.82, 2.24) is 20.7 Å². The Hall–Kier alpha value is -1.88. The number of urea groups is 1. The molecule has 0 radical (unpaired) electrons. The minimum atomic E-state index is -3.80. The first-order valence-electron chi connectivity index (χ1n) is 8.73. The molecule has 2 aliphatic rings. The number of amides is 3. The highest BCUT2D eigenvalue weighted by atomic mass is 35.5. The van der Waals surface area contributed by atoms with Gasteiger partial charge in [-0.2, -0.15) is 0 Å². The molecule has 4 N–H and O–H groups in total. The van der Waals surface area contributed by atoms with Crippen molar-refractivity contribution in [3.05, 3.63) is 23.8 Å². The lowest BCUT2D eigenvalue weighted by Gasteiger charge is -2.29. The molecule has 0 saturated carbocycles. The molecule has 3 atom stereocenters. The Bertz CT molecular complexity index is 878. The van der Waals surface area contributed by atoms with E-state index in [9.17, 15) is 18.0 Å². The van der Waals surface area contributed by atoms with E-state index in [2.05, 4.69) is 20.7 Å². The van der Waals surface area contributed by atoms with Gasteiger partial charge in [0.1, 0.15) is 11.3 Å². The van der Waals surface area contributed by atoms with Gasteiger partial charge in [0.25, 0.3) is 5.91 Å². The molecule has 1 aromatic rings. The van der Waals surface area contributed by atoms with E-state index < -0.39 is 27.5 Å². The Morgan fingerprint density at radius 1 is 1.29 bits per heavy atom. The Kier molecular flexibility index (Phi) is 6.59. The summed E-state index contributed by atoms with van der Waals surface area (Å²) in [5.74, 6) is -0.259. The van der Waals surface area contributed by atoms with Crippen LogP contribution < -0.4 is 25.4 Å². The van der Waals surface area contributed by atoms with Crippen LogP contribution in [0.3, 0.4) is 0 Å². The molecule has 2 heterocycles. The van der Waals surface area contributed by atoms with E-state index in [1.165, 1.54) is 32.2 Å². The molecular weight excluding hydrogens is 408 g/mol. The number of imide groups is 1. The molecule has 2 aliphatic heterocycles. The van der Waals surface area contributed by atoms with E-state index in [-0.39, 0.29) is 34.9 Å². The second kappa shape index (κ2) is 8.24. The first-order valence-corrected chi connectivity index (χ1v) is 10.2. The van der Waals surface area contributed by atoms with Crippen molar-refractivity contribution in [2.75, 3.05) is 13.7 Å². The third-order valence-electron chi connectivity index (χ3n) is 5.01. The zero-order chi connectivity index (χ0) is 19.8. The highest BCUT2D eigenvalue weighted by Gasteiger charge is 2.45. The monoisotopic (exact) mass is 432 g/mol. The van der Waals surface area contributed by atoms with Crippen molar-refractivity contribution in [2.45, 2.75) is 49.2 Å². The van der Waals surface area contributed by atoms with Gasteiger partial charge in [0, 0.05) is 17.6 Å². The molecule has 156 valence electrons. The molecule has 0 aliphatic carbocycles. The van der Waals surface area contributed by atoms with E-state index in [4.69, 9.17) is 4.74 Å². The molecular formula is C17H25ClN4O5S. The van der Waals surface area contributed by atoms with Crippen LogP contribution in [0.15, 0.2) is 23.1 Å². The number of hydrogen-bond acceptors (Lipinski definition) is 6. The summed E-state index contributed by atoms with van der Waals surface area (Å²) in [7, 11) is -2.38. The topological polar surface area (TPSA) is 126 Å². The summed E-state index contributed by atoms with van der Waals surface area (Å²) in [5, 5.41) is 7.98. The maximum atomic E-state index is 12.9. The lowest BCUT2D eigenvalue weighted by molar-refractivity contribution is -0.123. The van der Waals surface area contributed by atoms with Crippen LogP contribution in [-0.4, -0.2) is 46.1 Å². The van der Waals surface area contributed by atoms with Crippen molar-refractivity contribution in [3.8, 4) is 5.75 Å². The number of piperidine rings is 1. The van der Waals surface area contributed by atoms with Crippen molar-refractivity contribution in [3.63, 3.8) is 0 Å². The maximum Gasteiger partial charge on any atom is 0.322 e. The quantitative estimate of drug-likeness (QED) is 0.504. The van der Waals surface area contributed by atoms with Gasteiger partial charge in [0.05, 0.1) is 12.0 Å². The first kappa shape index (κ1) is 22.4. The fourth-order valence-corrected chi connectivity index (χ4v) is 4.81. The fraction of sp³-hybridized carbons (Fsp3) is 0.529. The molecule has 11 heteroatoms. The van der Waals surface area contributed by atoms with Crippen LogP contribution in [0.25, 0.3) is 0 Å². The van der Waals surface area contributed by atoms with Crippen molar-refractivity contribution in [2.24, 2.45) is 0 Å². The van der Waals surface area contributed by atoms with Gasteiger partial charge in [-0.1, -0.05) is 0 Å². The highest BCUT2D eigenvalue weighted by molar-refractivity contribution is 7.89. The smallest absolute Gasteiger partial charge is 0.322 e. The summed E-state index contributed by atoms with van der Waals surface area (Å²) < 4.78 is 33.7. The Morgan fingerprint density at radius 3 is 2.57 bits per heavy atom. The van der Waals surface area contributed by atoms with Crippen molar-refractivity contribution in [1.29, 1.82) is 0 Å². The SMILES string of the molecule is COc1ccc(S(=O)(=O)NC2CCNC(C)C2)cc1C1(C)NC(=O)NC1=O.Cl. The van der Waals surface area contributed by atoms with E-state index in [1.807, 2.05) is 6.92 Å². The predicted octanol–water partition coefficient (Wildman–Crippen LogP) is 0.590. The number of ether oxygens (including phenoxy) is 1. The molecule has 0 aromatic heterocycles. The highest BCUT2D eigenvalue weighted by Crippen LogP contribution is 2.34. The van der Waals surface area contributed by atoms with Gasteiger partial charge in [-0.25, -0.2) is 17.9 Å². The normalized spacial score (nSPS) is 27.5. The molecule has 0 spiro atoms. The number of carbonyl (C=O) groups is 2. The largest absolute Gasteiger partial charge is 0.496 e. The van der Waals surface area contributed by atoms with Gasteiger partial charge in [-0.3, -0.25) is 10.1 Å². The third kappa shape index (κ3) is 4.24. The molecule has 0 bridgehead atoms.